The number of carbonyl (C=O) groups excluding carboxylic acids is 1. The van der Waals surface area contributed by atoms with Crippen LogP contribution in [0.4, 0.5) is 4.39 Å². The van der Waals surface area contributed by atoms with Crippen molar-refractivity contribution in [3.8, 4) is 17.2 Å². The van der Waals surface area contributed by atoms with E-state index < -0.39 is 5.82 Å². The van der Waals surface area contributed by atoms with E-state index in [0.717, 1.165) is 48.1 Å². The Labute approximate surface area is 199 Å². The first-order valence-corrected chi connectivity index (χ1v) is 11.8. The number of halogens is 1. The Morgan fingerprint density at radius 1 is 1.09 bits per heavy atom. The molecule has 0 bridgehead atoms. The SMILES string of the molecule is N#Cc1cc(-c2ccnc(C(Cc3ccccc3)NC(=O)C3CCC(CN)CC3)c2)ccc1F. The fourth-order valence-corrected chi connectivity index (χ4v) is 4.64. The fourth-order valence-electron chi connectivity index (χ4n) is 4.64. The first-order chi connectivity index (χ1) is 16.6. The Morgan fingerprint density at radius 2 is 1.82 bits per heavy atom. The molecule has 2 aromatic carbocycles. The molecule has 0 spiro atoms. The van der Waals surface area contributed by atoms with Gasteiger partial charge < -0.3 is 11.1 Å². The van der Waals surface area contributed by atoms with Crippen LogP contribution in [0.15, 0.2) is 66.9 Å². The summed E-state index contributed by atoms with van der Waals surface area (Å²) in [6, 6.07) is 19.8. The van der Waals surface area contributed by atoms with E-state index in [4.69, 9.17) is 5.73 Å². The van der Waals surface area contributed by atoms with Gasteiger partial charge in [-0.25, -0.2) is 4.39 Å². The van der Waals surface area contributed by atoms with Gasteiger partial charge in [0.2, 0.25) is 5.91 Å². The molecule has 1 atom stereocenters. The van der Waals surface area contributed by atoms with Crippen LogP contribution in [0.2, 0.25) is 0 Å². The number of pyridine rings is 1. The molecule has 0 radical (unpaired) electrons. The zero-order valence-electron chi connectivity index (χ0n) is 19.1. The summed E-state index contributed by atoms with van der Waals surface area (Å²) in [5.41, 5.74) is 9.18. The van der Waals surface area contributed by atoms with E-state index in [2.05, 4.69) is 10.3 Å². The van der Waals surface area contributed by atoms with E-state index in [-0.39, 0.29) is 23.4 Å². The van der Waals surface area contributed by atoms with E-state index in [1.807, 2.05) is 48.5 Å². The van der Waals surface area contributed by atoms with Gasteiger partial charge in [0.1, 0.15) is 11.9 Å². The summed E-state index contributed by atoms with van der Waals surface area (Å²) in [6.45, 7) is 0.679. The van der Waals surface area contributed by atoms with E-state index >= 15 is 0 Å². The summed E-state index contributed by atoms with van der Waals surface area (Å²) < 4.78 is 13.8. The highest BCUT2D eigenvalue weighted by Crippen LogP contribution is 2.30. The molecule has 1 aliphatic rings. The molecule has 6 heteroatoms. The predicted molar refractivity (Wildman–Crippen MR) is 130 cm³/mol. The van der Waals surface area contributed by atoms with Crippen molar-refractivity contribution >= 4 is 5.91 Å². The van der Waals surface area contributed by atoms with Crippen molar-refractivity contribution in [2.45, 2.75) is 38.1 Å². The van der Waals surface area contributed by atoms with Gasteiger partial charge in [0, 0.05) is 12.1 Å². The van der Waals surface area contributed by atoms with Gasteiger partial charge in [-0.1, -0.05) is 36.4 Å². The van der Waals surface area contributed by atoms with Gasteiger partial charge in [-0.3, -0.25) is 9.78 Å². The summed E-state index contributed by atoms with van der Waals surface area (Å²) in [5.74, 6) is 0.00678. The highest BCUT2D eigenvalue weighted by atomic mass is 19.1. The number of carbonyl (C=O) groups is 1. The molecule has 0 aliphatic heterocycles. The number of hydrogen-bond donors (Lipinski definition) is 2. The van der Waals surface area contributed by atoms with Gasteiger partial charge in [-0.2, -0.15) is 5.26 Å². The summed E-state index contributed by atoms with van der Waals surface area (Å²) in [4.78, 5) is 17.8. The molecule has 174 valence electrons. The molecule has 1 amide bonds. The van der Waals surface area contributed by atoms with Gasteiger partial charge >= 0.3 is 0 Å². The van der Waals surface area contributed by atoms with Gasteiger partial charge in [-0.15, -0.1) is 0 Å². The number of aromatic nitrogens is 1. The van der Waals surface area contributed by atoms with Crippen LogP contribution in [0, 0.1) is 29.0 Å². The topological polar surface area (TPSA) is 91.8 Å². The lowest BCUT2D eigenvalue weighted by molar-refractivity contribution is -0.127. The number of nitrogens with two attached hydrogens (primary N) is 1. The number of nitrogens with zero attached hydrogens (tertiary/aromatic N) is 2. The third-order valence-electron chi connectivity index (χ3n) is 6.71. The molecule has 3 aromatic rings. The second-order valence-electron chi connectivity index (χ2n) is 8.98. The molecule has 4 rings (SSSR count). The van der Waals surface area contributed by atoms with Crippen molar-refractivity contribution in [1.29, 1.82) is 5.26 Å². The minimum Gasteiger partial charge on any atom is -0.347 e. The fraction of sp³-hybridized carbons (Fsp3) is 0.321. The van der Waals surface area contributed by atoms with E-state index in [9.17, 15) is 14.4 Å². The van der Waals surface area contributed by atoms with Gasteiger partial charge in [0.15, 0.2) is 0 Å². The maximum Gasteiger partial charge on any atom is 0.223 e. The molecule has 3 N–H and O–H groups in total. The number of hydrogen-bond acceptors (Lipinski definition) is 4. The molecule has 34 heavy (non-hydrogen) atoms. The summed E-state index contributed by atoms with van der Waals surface area (Å²) in [7, 11) is 0. The maximum absolute atomic E-state index is 13.8. The maximum atomic E-state index is 13.8. The average molecular weight is 457 g/mol. The first-order valence-electron chi connectivity index (χ1n) is 11.8. The van der Waals surface area contributed by atoms with Crippen LogP contribution < -0.4 is 11.1 Å². The van der Waals surface area contributed by atoms with Crippen molar-refractivity contribution in [3.05, 3.63) is 89.5 Å². The summed E-state index contributed by atoms with van der Waals surface area (Å²) in [5, 5.41) is 12.4. The summed E-state index contributed by atoms with van der Waals surface area (Å²) >= 11 is 0. The quantitative estimate of drug-likeness (QED) is 0.528. The smallest absolute Gasteiger partial charge is 0.223 e. The number of amides is 1. The van der Waals surface area contributed by atoms with Crippen LogP contribution in [0.3, 0.4) is 0 Å². The molecule has 0 saturated heterocycles. The molecular formula is C28H29FN4O. The summed E-state index contributed by atoms with van der Waals surface area (Å²) in [6.07, 6.45) is 5.97. The molecule has 1 aromatic heterocycles. The third kappa shape index (κ3) is 5.67. The number of nitriles is 1. The first kappa shape index (κ1) is 23.6. The number of benzene rings is 2. The number of rotatable bonds is 7. The normalized spacial score (nSPS) is 18.6. The van der Waals surface area contributed by atoms with Crippen LogP contribution in [-0.2, 0) is 11.2 Å². The average Bonchev–Trinajstić information content (AvgIpc) is 2.89. The zero-order valence-corrected chi connectivity index (χ0v) is 19.1. The van der Waals surface area contributed by atoms with Crippen molar-refractivity contribution in [1.82, 2.24) is 10.3 Å². The van der Waals surface area contributed by atoms with Crippen LogP contribution in [-0.4, -0.2) is 17.4 Å². The number of nitrogens with one attached hydrogen (secondary N) is 1. The highest BCUT2D eigenvalue weighted by molar-refractivity contribution is 5.79. The zero-order chi connectivity index (χ0) is 23.9. The highest BCUT2D eigenvalue weighted by Gasteiger charge is 2.28. The van der Waals surface area contributed by atoms with Crippen LogP contribution in [0.5, 0.6) is 0 Å². The largest absolute Gasteiger partial charge is 0.347 e. The van der Waals surface area contributed by atoms with Crippen LogP contribution >= 0.6 is 0 Å². The lowest BCUT2D eigenvalue weighted by Gasteiger charge is -2.28. The second kappa shape index (κ2) is 11.0. The predicted octanol–water partition coefficient (Wildman–Crippen LogP) is 4.92. The van der Waals surface area contributed by atoms with Crippen LogP contribution in [0.1, 0.15) is 48.5 Å². The molecule has 5 nitrogen and oxygen atoms in total. The van der Waals surface area contributed by atoms with E-state index in [0.29, 0.717) is 18.9 Å². The third-order valence-corrected chi connectivity index (χ3v) is 6.71. The molecule has 1 saturated carbocycles. The Hall–Kier alpha value is -3.56. The Kier molecular flexibility index (Phi) is 7.66. The minimum atomic E-state index is -0.542. The molecule has 1 aliphatic carbocycles. The van der Waals surface area contributed by atoms with Crippen molar-refractivity contribution in [3.63, 3.8) is 0 Å². The van der Waals surface area contributed by atoms with Crippen molar-refractivity contribution in [2.75, 3.05) is 6.54 Å². The van der Waals surface area contributed by atoms with Crippen molar-refractivity contribution in [2.24, 2.45) is 17.6 Å². The molecule has 1 heterocycles. The van der Waals surface area contributed by atoms with Gasteiger partial charge in [0.05, 0.1) is 17.3 Å². The Bertz CT molecular complexity index is 1170. The van der Waals surface area contributed by atoms with E-state index in [1.54, 1.807) is 12.3 Å². The van der Waals surface area contributed by atoms with Gasteiger partial charge in [0.25, 0.3) is 0 Å². The Morgan fingerprint density at radius 3 is 2.53 bits per heavy atom. The second-order valence-corrected chi connectivity index (χ2v) is 8.98. The molecule has 1 fully saturated rings. The molecular weight excluding hydrogens is 427 g/mol. The molecule has 1 unspecified atom stereocenters. The minimum absolute atomic E-state index is 0.00178. The lowest BCUT2D eigenvalue weighted by Crippen LogP contribution is -2.37. The van der Waals surface area contributed by atoms with Crippen LogP contribution in [0.25, 0.3) is 11.1 Å². The standard InChI is InChI=1S/C28H29FN4O/c29-25-11-10-22(15-24(25)18-31)23-12-13-32-26(16-23)27(14-19-4-2-1-3-5-19)33-28(34)21-8-6-20(17-30)7-9-21/h1-5,10-13,15-16,20-21,27H,6-9,14,17,30H2,(H,33,34). The van der Waals surface area contributed by atoms with Crippen molar-refractivity contribution < 1.29 is 9.18 Å². The van der Waals surface area contributed by atoms with E-state index in [1.165, 1.54) is 12.1 Å². The van der Waals surface area contributed by atoms with Gasteiger partial charge in [-0.05, 0) is 85.5 Å². The lowest BCUT2D eigenvalue weighted by atomic mass is 9.81. The monoisotopic (exact) mass is 456 g/mol. The Balaban J connectivity index is 1.59.